The van der Waals surface area contributed by atoms with E-state index in [4.69, 9.17) is 0 Å². The first kappa shape index (κ1) is 14.4. The van der Waals surface area contributed by atoms with E-state index in [1.54, 1.807) is 6.26 Å². The molecule has 0 amide bonds. The average molecular weight is 253 g/mol. The first-order valence-corrected chi connectivity index (χ1v) is 7.87. The van der Waals surface area contributed by atoms with Gasteiger partial charge in [0.2, 0.25) is 0 Å². The number of aryl methyl sites for hydroxylation is 1. The Balaban J connectivity index is 2.33. The second kappa shape index (κ2) is 7.62. The standard InChI is InChI=1S/C14H23NOS/c1-4-13-7-5-6-8-14(13)11-15-10-9-12(2)17(3)16/h5-8,12,15H,4,9-11H2,1-3H3. The summed E-state index contributed by atoms with van der Waals surface area (Å²) in [5, 5.41) is 3.71. The fraction of sp³-hybridized carbons (Fsp3) is 0.571. The summed E-state index contributed by atoms with van der Waals surface area (Å²) in [5.74, 6) is 0. The number of rotatable bonds is 7. The van der Waals surface area contributed by atoms with Gasteiger partial charge in [0.15, 0.2) is 0 Å². The minimum absolute atomic E-state index is 0.281. The summed E-state index contributed by atoms with van der Waals surface area (Å²) in [7, 11) is -0.704. The molecule has 0 saturated carbocycles. The monoisotopic (exact) mass is 253 g/mol. The van der Waals surface area contributed by atoms with Gasteiger partial charge < -0.3 is 5.32 Å². The first-order valence-electron chi connectivity index (χ1n) is 6.24. The molecule has 0 heterocycles. The Kier molecular flexibility index (Phi) is 6.45. The van der Waals surface area contributed by atoms with Crippen molar-refractivity contribution in [2.75, 3.05) is 12.8 Å². The highest BCUT2D eigenvalue weighted by Gasteiger charge is 2.05. The van der Waals surface area contributed by atoms with Crippen molar-refractivity contribution in [3.63, 3.8) is 0 Å². The van der Waals surface area contributed by atoms with Gasteiger partial charge >= 0.3 is 0 Å². The minimum atomic E-state index is -0.704. The van der Waals surface area contributed by atoms with Gasteiger partial charge in [-0.3, -0.25) is 4.21 Å². The molecule has 1 rings (SSSR count). The smallest absolute Gasteiger partial charge is 0.0329 e. The van der Waals surface area contributed by atoms with E-state index in [2.05, 4.69) is 36.5 Å². The van der Waals surface area contributed by atoms with Gasteiger partial charge in [-0.1, -0.05) is 38.1 Å². The van der Waals surface area contributed by atoms with Crippen LogP contribution in [0.25, 0.3) is 0 Å². The molecule has 96 valence electrons. The highest BCUT2D eigenvalue weighted by molar-refractivity contribution is 7.84. The Labute approximate surface area is 107 Å². The van der Waals surface area contributed by atoms with Gasteiger partial charge in [0.1, 0.15) is 0 Å². The molecule has 0 fully saturated rings. The topological polar surface area (TPSA) is 29.1 Å². The molecule has 0 saturated heterocycles. The molecule has 0 bridgehead atoms. The van der Waals surface area contributed by atoms with Crippen LogP contribution >= 0.6 is 0 Å². The van der Waals surface area contributed by atoms with E-state index in [1.807, 2.05) is 6.92 Å². The number of hydrogen-bond donors (Lipinski definition) is 1. The summed E-state index contributed by atoms with van der Waals surface area (Å²) in [6, 6.07) is 8.53. The summed E-state index contributed by atoms with van der Waals surface area (Å²) >= 11 is 0. The van der Waals surface area contributed by atoms with Gasteiger partial charge in [-0.05, 0) is 30.5 Å². The van der Waals surface area contributed by atoms with Crippen molar-refractivity contribution >= 4 is 10.8 Å². The SMILES string of the molecule is CCc1ccccc1CNCCC(C)S(C)=O. The molecule has 0 aromatic heterocycles. The van der Waals surface area contributed by atoms with Gasteiger partial charge in [-0.2, -0.15) is 0 Å². The molecule has 1 aromatic rings. The Morgan fingerprint density at radius 1 is 1.29 bits per heavy atom. The van der Waals surface area contributed by atoms with Crippen LogP contribution in [0, 0.1) is 0 Å². The molecule has 2 atom stereocenters. The second-order valence-corrected chi connectivity index (χ2v) is 6.20. The third-order valence-electron chi connectivity index (χ3n) is 3.11. The van der Waals surface area contributed by atoms with Crippen LogP contribution in [0.1, 0.15) is 31.4 Å². The van der Waals surface area contributed by atoms with Crippen LogP contribution < -0.4 is 5.32 Å². The predicted octanol–water partition coefficient (Wildman–Crippen LogP) is 2.50. The minimum Gasteiger partial charge on any atom is -0.313 e. The molecular weight excluding hydrogens is 230 g/mol. The van der Waals surface area contributed by atoms with E-state index in [1.165, 1.54) is 11.1 Å². The highest BCUT2D eigenvalue weighted by atomic mass is 32.2. The lowest BCUT2D eigenvalue weighted by Crippen LogP contribution is -2.21. The van der Waals surface area contributed by atoms with Gasteiger partial charge in [0.25, 0.3) is 0 Å². The zero-order valence-electron chi connectivity index (χ0n) is 11.0. The van der Waals surface area contributed by atoms with E-state index < -0.39 is 10.8 Å². The average Bonchev–Trinajstić information content (AvgIpc) is 2.34. The lowest BCUT2D eigenvalue weighted by molar-refractivity contribution is 0.627. The summed E-state index contributed by atoms with van der Waals surface area (Å²) < 4.78 is 11.2. The molecule has 0 aliphatic rings. The fourth-order valence-electron chi connectivity index (χ4n) is 1.77. The van der Waals surface area contributed by atoms with Crippen molar-refractivity contribution in [2.24, 2.45) is 0 Å². The van der Waals surface area contributed by atoms with E-state index in [-0.39, 0.29) is 5.25 Å². The molecule has 3 heteroatoms. The van der Waals surface area contributed by atoms with Crippen molar-refractivity contribution in [1.82, 2.24) is 5.32 Å². The zero-order chi connectivity index (χ0) is 12.7. The second-order valence-electron chi connectivity index (χ2n) is 4.40. The Morgan fingerprint density at radius 3 is 2.53 bits per heavy atom. The van der Waals surface area contributed by atoms with E-state index in [0.717, 1.165) is 25.9 Å². The third-order valence-corrected chi connectivity index (χ3v) is 4.48. The fourth-order valence-corrected chi connectivity index (χ4v) is 2.22. The molecule has 17 heavy (non-hydrogen) atoms. The van der Waals surface area contributed by atoms with Crippen molar-refractivity contribution in [3.05, 3.63) is 35.4 Å². The Bertz CT molecular complexity index is 365. The number of benzene rings is 1. The largest absolute Gasteiger partial charge is 0.313 e. The number of nitrogens with one attached hydrogen (secondary N) is 1. The van der Waals surface area contributed by atoms with Crippen molar-refractivity contribution < 1.29 is 4.21 Å². The molecule has 2 unspecified atom stereocenters. The summed E-state index contributed by atoms with van der Waals surface area (Å²) in [6.45, 7) is 6.06. The highest BCUT2D eigenvalue weighted by Crippen LogP contribution is 2.09. The lowest BCUT2D eigenvalue weighted by Gasteiger charge is -2.11. The van der Waals surface area contributed by atoms with Crippen LogP contribution in [0.4, 0.5) is 0 Å². The molecule has 0 aliphatic heterocycles. The van der Waals surface area contributed by atoms with Crippen LogP contribution in [0.5, 0.6) is 0 Å². The van der Waals surface area contributed by atoms with Crippen molar-refractivity contribution in [1.29, 1.82) is 0 Å². The molecular formula is C14H23NOS. The molecule has 2 nitrogen and oxygen atoms in total. The van der Waals surface area contributed by atoms with Gasteiger partial charge in [-0.15, -0.1) is 0 Å². The van der Waals surface area contributed by atoms with E-state index in [0.29, 0.717) is 0 Å². The Morgan fingerprint density at radius 2 is 1.94 bits per heavy atom. The lowest BCUT2D eigenvalue weighted by atomic mass is 10.1. The molecule has 0 radical (unpaired) electrons. The normalized spacial score (nSPS) is 14.5. The molecule has 0 spiro atoms. The molecule has 0 aliphatic carbocycles. The number of hydrogen-bond acceptors (Lipinski definition) is 2. The van der Waals surface area contributed by atoms with Crippen molar-refractivity contribution in [3.8, 4) is 0 Å². The molecule has 1 N–H and O–H groups in total. The summed E-state index contributed by atoms with van der Waals surface area (Å²) in [6.07, 6.45) is 3.82. The van der Waals surface area contributed by atoms with E-state index in [9.17, 15) is 4.21 Å². The van der Waals surface area contributed by atoms with Crippen LogP contribution in [0.3, 0.4) is 0 Å². The zero-order valence-corrected chi connectivity index (χ0v) is 11.8. The maximum absolute atomic E-state index is 11.2. The van der Waals surface area contributed by atoms with Crippen LogP contribution in [0.15, 0.2) is 24.3 Å². The summed E-state index contributed by atoms with van der Waals surface area (Å²) in [5.41, 5.74) is 2.78. The Hall–Kier alpha value is -0.670. The van der Waals surface area contributed by atoms with Gasteiger partial charge in [0.05, 0.1) is 0 Å². The molecule has 1 aromatic carbocycles. The van der Waals surface area contributed by atoms with Crippen molar-refractivity contribution in [2.45, 2.75) is 38.5 Å². The van der Waals surface area contributed by atoms with Crippen LogP contribution in [-0.4, -0.2) is 22.3 Å². The van der Waals surface area contributed by atoms with Gasteiger partial charge in [-0.25, -0.2) is 0 Å². The predicted molar refractivity (Wildman–Crippen MR) is 75.7 cm³/mol. The maximum atomic E-state index is 11.2. The van der Waals surface area contributed by atoms with Crippen LogP contribution in [-0.2, 0) is 23.8 Å². The van der Waals surface area contributed by atoms with E-state index >= 15 is 0 Å². The third kappa shape index (κ3) is 5.00. The first-order chi connectivity index (χ1) is 8.15. The quantitative estimate of drug-likeness (QED) is 0.757. The summed E-state index contributed by atoms with van der Waals surface area (Å²) in [4.78, 5) is 0. The van der Waals surface area contributed by atoms with Gasteiger partial charge in [0, 0.05) is 28.9 Å². The maximum Gasteiger partial charge on any atom is 0.0329 e. The van der Waals surface area contributed by atoms with Crippen LogP contribution in [0.2, 0.25) is 0 Å².